The SMILES string of the molecule is Cc1ccc(S(=O)(=O)[n+]2ccc3ccccc3c2)cc1. The molecular weight excluding hydrogens is 270 g/mol. The molecule has 3 rings (SSSR count). The molecule has 3 nitrogen and oxygen atoms in total. The van der Waals surface area contributed by atoms with E-state index in [1.54, 1.807) is 42.7 Å². The van der Waals surface area contributed by atoms with E-state index < -0.39 is 10.0 Å². The maximum atomic E-state index is 12.6. The summed E-state index contributed by atoms with van der Waals surface area (Å²) in [5, 5.41) is 1.91. The number of rotatable bonds is 2. The second-order valence-electron chi connectivity index (χ2n) is 4.72. The Balaban J connectivity index is 2.15. The van der Waals surface area contributed by atoms with Gasteiger partial charge in [-0.2, -0.15) is 8.42 Å². The molecule has 0 aliphatic heterocycles. The molecule has 0 bridgehead atoms. The van der Waals surface area contributed by atoms with Crippen molar-refractivity contribution in [3.05, 3.63) is 72.6 Å². The van der Waals surface area contributed by atoms with Gasteiger partial charge in [0.15, 0.2) is 12.4 Å². The van der Waals surface area contributed by atoms with Gasteiger partial charge < -0.3 is 0 Å². The lowest BCUT2D eigenvalue weighted by Gasteiger charge is -2.01. The zero-order valence-electron chi connectivity index (χ0n) is 11.0. The summed E-state index contributed by atoms with van der Waals surface area (Å²) in [6.45, 7) is 1.93. The van der Waals surface area contributed by atoms with Gasteiger partial charge in [0.05, 0.1) is 0 Å². The Morgan fingerprint density at radius 3 is 2.20 bits per heavy atom. The number of hydrogen-bond acceptors (Lipinski definition) is 2. The van der Waals surface area contributed by atoms with E-state index in [0.717, 1.165) is 16.3 Å². The monoisotopic (exact) mass is 284 g/mol. The van der Waals surface area contributed by atoms with E-state index in [1.807, 2.05) is 31.2 Å². The van der Waals surface area contributed by atoms with Crippen LogP contribution in [0.15, 0.2) is 71.9 Å². The Morgan fingerprint density at radius 2 is 1.50 bits per heavy atom. The number of fused-ring (bicyclic) bond motifs is 1. The standard InChI is InChI=1S/C16H14NO2S/c1-13-6-8-16(9-7-13)20(18,19)17-11-10-14-4-2-3-5-15(14)12-17/h2-12H,1H3/q+1. The minimum atomic E-state index is -3.53. The van der Waals surface area contributed by atoms with Crippen LogP contribution in [0.5, 0.6) is 0 Å². The predicted octanol–water partition coefficient (Wildman–Crippen LogP) is 2.67. The Kier molecular flexibility index (Phi) is 3.03. The minimum absolute atomic E-state index is 0.295. The molecule has 0 atom stereocenters. The molecule has 0 aliphatic carbocycles. The molecule has 0 saturated carbocycles. The molecule has 3 aromatic rings. The van der Waals surface area contributed by atoms with Crippen LogP contribution in [-0.4, -0.2) is 8.42 Å². The normalized spacial score (nSPS) is 11.7. The molecule has 0 unspecified atom stereocenters. The summed E-state index contributed by atoms with van der Waals surface area (Å²) in [5.74, 6) is 0. The third kappa shape index (κ3) is 2.18. The van der Waals surface area contributed by atoms with Crippen LogP contribution in [-0.2, 0) is 10.0 Å². The van der Waals surface area contributed by atoms with Crippen LogP contribution in [0.4, 0.5) is 0 Å². The van der Waals surface area contributed by atoms with E-state index >= 15 is 0 Å². The third-order valence-corrected chi connectivity index (χ3v) is 4.91. The molecule has 0 saturated heterocycles. The van der Waals surface area contributed by atoms with Gasteiger partial charge in [0.2, 0.25) is 0 Å². The van der Waals surface area contributed by atoms with Gasteiger partial charge >= 0.3 is 10.0 Å². The van der Waals surface area contributed by atoms with Crippen LogP contribution in [0.3, 0.4) is 0 Å². The van der Waals surface area contributed by atoms with Gasteiger partial charge in [0.25, 0.3) is 0 Å². The van der Waals surface area contributed by atoms with Gasteiger partial charge in [-0.1, -0.05) is 39.9 Å². The summed E-state index contributed by atoms with van der Waals surface area (Å²) in [7, 11) is -3.53. The Bertz CT molecular complexity index is 868. The van der Waals surface area contributed by atoms with Crippen molar-refractivity contribution in [3.8, 4) is 0 Å². The highest BCUT2D eigenvalue weighted by Gasteiger charge is 2.24. The minimum Gasteiger partial charge on any atom is -0.158 e. The predicted molar refractivity (Wildman–Crippen MR) is 77.9 cm³/mol. The van der Waals surface area contributed by atoms with Gasteiger partial charge in [-0.15, -0.1) is 0 Å². The zero-order chi connectivity index (χ0) is 14.2. The fourth-order valence-corrected chi connectivity index (χ4v) is 3.29. The number of aromatic nitrogens is 1. The lowest BCUT2D eigenvalue weighted by Crippen LogP contribution is -2.41. The third-order valence-electron chi connectivity index (χ3n) is 3.26. The summed E-state index contributed by atoms with van der Waals surface area (Å²) in [6.07, 6.45) is 3.22. The van der Waals surface area contributed by atoms with Crippen molar-refractivity contribution in [3.63, 3.8) is 0 Å². The van der Waals surface area contributed by atoms with Gasteiger partial charge in [0, 0.05) is 11.5 Å². The molecule has 0 amide bonds. The van der Waals surface area contributed by atoms with E-state index in [2.05, 4.69) is 0 Å². The van der Waals surface area contributed by atoms with Crippen molar-refractivity contribution >= 4 is 20.8 Å². The molecule has 4 heteroatoms. The van der Waals surface area contributed by atoms with Crippen molar-refractivity contribution in [2.24, 2.45) is 0 Å². The second kappa shape index (κ2) is 4.72. The summed E-state index contributed by atoms with van der Waals surface area (Å²) < 4.78 is 26.4. The molecule has 100 valence electrons. The number of benzene rings is 2. The lowest BCUT2D eigenvalue weighted by molar-refractivity contribution is -0.509. The first-order chi connectivity index (χ1) is 9.57. The average Bonchev–Trinajstić information content (AvgIpc) is 2.47. The quantitative estimate of drug-likeness (QED) is 0.679. The molecule has 20 heavy (non-hydrogen) atoms. The highest BCUT2D eigenvalue weighted by molar-refractivity contribution is 7.85. The smallest absolute Gasteiger partial charge is 0.158 e. The van der Waals surface area contributed by atoms with Crippen LogP contribution in [0.2, 0.25) is 0 Å². The van der Waals surface area contributed by atoms with Crippen LogP contribution in [0.25, 0.3) is 10.8 Å². The summed E-state index contributed by atoms with van der Waals surface area (Å²) in [6, 6.07) is 16.4. The lowest BCUT2D eigenvalue weighted by atomic mass is 10.2. The first-order valence-corrected chi connectivity index (χ1v) is 7.74. The fraction of sp³-hybridized carbons (Fsp3) is 0.0625. The van der Waals surface area contributed by atoms with Gasteiger partial charge in [-0.05, 0) is 30.5 Å². The fourth-order valence-electron chi connectivity index (χ4n) is 2.10. The van der Waals surface area contributed by atoms with Crippen molar-refractivity contribution < 1.29 is 12.4 Å². The maximum absolute atomic E-state index is 12.6. The zero-order valence-corrected chi connectivity index (χ0v) is 11.8. The molecule has 0 fully saturated rings. The van der Waals surface area contributed by atoms with Gasteiger partial charge in [-0.3, -0.25) is 0 Å². The van der Waals surface area contributed by atoms with E-state index in [0.29, 0.717) is 4.90 Å². The number of aryl methyl sites for hydroxylation is 1. The molecule has 0 radical (unpaired) electrons. The molecule has 1 heterocycles. The average molecular weight is 284 g/mol. The second-order valence-corrected chi connectivity index (χ2v) is 6.56. The Morgan fingerprint density at radius 1 is 0.850 bits per heavy atom. The van der Waals surface area contributed by atoms with Crippen LogP contribution in [0, 0.1) is 6.92 Å². The maximum Gasteiger partial charge on any atom is 0.399 e. The molecule has 1 aromatic heterocycles. The largest absolute Gasteiger partial charge is 0.399 e. The van der Waals surface area contributed by atoms with Crippen LogP contribution >= 0.6 is 0 Å². The number of nitrogens with zero attached hydrogens (tertiary/aromatic N) is 1. The molecule has 0 N–H and O–H groups in total. The first kappa shape index (κ1) is 12.8. The van der Waals surface area contributed by atoms with E-state index in [1.165, 1.54) is 3.97 Å². The molecule has 0 aliphatic rings. The number of pyridine rings is 1. The molecule has 2 aromatic carbocycles. The topological polar surface area (TPSA) is 38.0 Å². The van der Waals surface area contributed by atoms with E-state index in [4.69, 9.17) is 0 Å². The first-order valence-electron chi connectivity index (χ1n) is 6.30. The number of hydrogen-bond donors (Lipinski definition) is 0. The molecular formula is C16H14NO2S+. The molecule has 0 spiro atoms. The summed E-state index contributed by atoms with van der Waals surface area (Å²) in [4.78, 5) is 0.295. The summed E-state index contributed by atoms with van der Waals surface area (Å²) >= 11 is 0. The highest BCUT2D eigenvalue weighted by atomic mass is 32.2. The van der Waals surface area contributed by atoms with Crippen molar-refractivity contribution in [1.29, 1.82) is 0 Å². The van der Waals surface area contributed by atoms with Crippen LogP contribution in [0.1, 0.15) is 5.56 Å². The van der Waals surface area contributed by atoms with Crippen molar-refractivity contribution in [2.45, 2.75) is 11.8 Å². The highest BCUT2D eigenvalue weighted by Crippen LogP contribution is 2.13. The van der Waals surface area contributed by atoms with E-state index in [-0.39, 0.29) is 0 Å². The van der Waals surface area contributed by atoms with Gasteiger partial charge in [-0.25, -0.2) is 0 Å². The van der Waals surface area contributed by atoms with E-state index in [9.17, 15) is 8.42 Å². The van der Waals surface area contributed by atoms with Crippen molar-refractivity contribution in [2.75, 3.05) is 0 Å². The Labute approximate surface area is 118 Å². The Hall–Kier alpha value is -2.20. The van der Waals surface area contributed by atoms with Gasteiger partial charge in [0.1, 0.15) is 4.90 Å². The van der Waals surface area contributed by atoms with Crippen molar-refractivity contribution in [1.82, 2.24) is 0 Å². The summed E-state index contributed by atoms with van der Waals surface area (Å²) in [5.41, 5.74) is 1.03. The van der Waals surface area contributed by atoms with Crippen LogP contribution < -0.4 is 3.97 Å².